The first-order valence-corrected chi connectivity index (χ1v) is 9.13. The summed E-state index contributed by atoms with van der Waals surface area (Å²) in [6.07, 6.45) is 0. The highest BCUT2D eigenvalue weighted by Gasteiger charge is 2.19. The van der Waals surface area contributed by atoms with Crippen LogP contribution in [0.3, 0.4) is 0 Å². The van der Waals surface area contributed by atoms with E-state index in [9.17, 15) is 14.9 Å². The number of hydrogen-bond acceptors (Lipinski definition) is 8. The van der Waals surface area contributed by atoms with E-state index in [2.05, 4.69) is 15.6 Å². The number of benzene rings is 2. The van der Waals surface area contributed by atoms with Crippen LogP contribution in [0.5, 0.6) is 11.5 Å². The highest BCUT2D eigenvalue weighted by atomic mass is 35.5. The minimum Gasteiger partial charge on any atom is -0.454 e. The van der Waals surface area contributed by atoms with Crippen molar-refractivity contribution < 1.29 is 19.2 Å². The summed E-state index contributed by atoms with van der Waals surface area (Å²) in [6, 6.07) is 9.33. The Labute approximate surface area is 167 Å². The Morgan fingerprint density at radius 3 is 2.86 bits per heavy atom. The molecule has 28 heavy (non-hydrogen) atoms. The van der Waals surface area contributed by atoms with Gasteiger partial charge in [0, 0.05) is 28.2 Å². The molecular weight excluding hydrogens is 408 g/mol. The second kappa shape index (κ2) is 7.33. The molecule has 0 bridgehead atoms. The molecule has 0 aliphatic carbocycles. The molecule has 2 heterocycles. The van der Waals surface area contributed by atoms with Crippen molar-refractivity contribution in [3.63, 3.8) is 0 Å². The fraction of sp³-hybridized carbons (Fsp3) is 0.0588. The Balaban J connectivity index is 1.48. The smallest absolute Gasteiger partial charge is 0.294 e. The van der Waals surface area contributed by atoms with Crippen molar-refractivity contribution in [2.75, 3.05) is 17.4 Å². The van der Waals surface area contributed by atoms with Gasteiger partial charge in [-0.15, -0.1) is 11.3 Å². The predicted molar refractivity (Wildman–Crippen MR) is 104 cm³/mol. The number of nitrogens with zero attached hydrogens (tertiary/aromatic N) is 2. The van der Waals surface area contributed by atoms with E-state index in [0.717, 1.165) is 5.69 Å². The Morgan fingerprint density at radius 1 is 1.21 bits per heavy atom. The Hall–Kier alpha value is -3.37. The molecule has 9 nitrogen and oxygen atoms in total. The normalized spacial score (nSPS) is 11.9. The fourth-order valence-electron chi connectivity index (χ4n) is 2.48. The van der Waals surface area contributed by atoms with E-state index in [0.29, 0.717) is 16.6 Å². The van der Waals surface area contributed by atoms with Gasteiger partial charge >= 0.3 is 0 Å². The van der Waals surface area contributed by atoms with Crippen LogP contribution in [0.15, 0.2) is 41.8 Å². The van der Waals surface area contributed by atoms with E-state index in [1.54, 1.807) is 23.6 Å². The minimum absolute atomic E-state index is 0.0395. The van der Waals surface area contributed by atoms with E-state index in [1.165, 1.54) is 29.5 Å². The van der Waals surface area contributed by atoms with Crippen LogP contribution in [0.1, 0.15) is 10.5 Å². The number of carbonyl (C=O) groups excluding carboxylic acids is 1. The van der Waals surface area contributed by atoms with Crippen LogP contribution in [0.2, 0.25) is 5.02 Å². The van der Waals surface area contributed by atoms with Crippen LogP contribution in [-0.4, -0.2) is 22.6 Å². The molecule has 1 amide bonds. The van der Waals surface area contributed by atoms with Gasteiger partial charge < -0.3 is 20.1 Å². The quantitative estimate of drug-likeness (QED) is 0.465. The van der Waals surface area contributed by atoms with Gasteiger partial charge in [-0.3, -0.25) is 14.9 Å². The summed E-state index contributed by atoms with van der Waals surface area (Å²) in [4.78, 5) is 27.1. The zero-order chi connectivity index (χ0) is 19.7. The number of carbonyl (C=O) groups is 1. The van der Waals surface area contributed by atoms with Crippen molar-refractivity contribution in [3.05, 3.63) is 62.6 Å². The molecule has 0 fully saturated rings. The summed E-state index contributed by atoms with van der Waals surface area (Å²) < 4.78 is 10.6. The van der Waals surface area contributed by atoms with Gasteiger partial charge in [-0.25, -0.2) is 4.98 Å². The second-order valence-corrected chi connectivity index (χ2v) is 6.90. The van der Waals surface area contributed by atoms with E-state index in [1.807, 2.05) is 0 Å². The highest BCUT2D eigenvalue weighted by molar-refractivity contribution is 7.14. The van der Waals surface area contributed by atoms with Crippen LogP contribution in [-0.2, 0) is 0 Å². The molecule has 0 spiro atoms. The zero-order valence-electron chi connectivity index (χ0n) is 14.0. The maximum absolute atomic E-state index is 12.4. The van der Waals surface area contributed by atoms with E-state index >= 15 is 0 Å². The van der Waals surface area contributed by atoms with E-state index in [-0.39, 0.29) is 28.9 Å². The average Bonchev–Trinajstić information content (AvgIpc) is 3.32. The average molecular weight is 419 g/mol. The zero-order valence-corrected chi connectivity index (χ0v) is 15.5. The number of nitro groups is 1. The molecule has 1 aromatic heterocycles. The number of fused-ring (bicyclic) bond motifs is 1. The molecule has 142 valence electrons. The van der Waals surface area contributed by atoms with Crippen molar-refractivity contribution in [2.45, 2.75) is 0 Å². The maximum atomic E-state index is 12.4. The topological polar surface area (TPSA) is 116 Å². The molecule has 0 saturated heterocycles. The Kier molecular flexibility index (Phi) is 4.72. The number of nitrogens with one attached hydrogen (secondary N) is 2. The molecule has 0 unspecified atom stereocenters. The number of anilines is 3. The number of nitro benzene ring substituents is 1. The minimum atomic E-state index is -0.616. The molecular formula is C17H11ClN4O5S. The van der Waals surface area contributed by atoms with Gasteiger partial charge in [0.05, 0.1) is 4.92 Å². The van der Waals surface area contributed by atoms with Crippen LogP contribution >= 0.6 is 22.9 Å². The number of thiazole rings is 1. The number of amides is 1. The Bertz CT molecular complexity index is 1090. The fourth-order valence-corrected chi connectivity index (χ4v) is 3.36. The molecule has 11 heteroatoms. The van der Waals surface area contributed by atoms with Gasteiger partial charge in [0.15, 0.2) is 16.6 Å². The molecule has 4 rings (SSSR count). The van der Waals surface area contributed by atoms with Crippen LogP contribution < -0.4 is 20.1 Å². The van der Waals surface area contributed by atoms with Gasteiger partial charge in [0.25, 0.3) is 11.6 Å². The third-order valence-corrected chi connectivity index (χ3v) is 4.76. The van der Waals surface area contributed by atoms with Crippen LogP contribution in [0, 0.1) is 10.1 Å². The summed E-state index contributed by atoms with van der Waals surface area (Å²) in [6.45, 7) is 0.178. The first-order valence-electron chi connectivity index (χ1n) is 7.87. The number of rotatable bonds is 5. The van der Waals surface area contributed by atoms with E-state index in [4.69, 9.17) is 21.1 Å². The van der Waals surface area contributed by atoms with Crippen LogP contribution in [0.25, 0.3) is 0 Å². The molecule has 3 aromatic rings. The van der Waals surface area contributed by atoms with Crippen molar-refractivity contribution in [2.24, 2.45) is 0 Å². The summed E-state index contributed by atoms with van der Waals surface area (Å²) >= 11 is 7.00. The predicted octanol–water partition coefficient (Wildman–Crippen LogP) is 4.43. The Morgan fingerprint density at radius 2 is 2.04 bits per heavy atom. The van der Waals surface area contributed by atoms with Gasteiger partial charge in [-0.2, -0.15) is 0 Å². The number of ether oxygens (including phenoxy) is 2. The highest BCUT2D eigenvalue weighted by Crippen LogP contribution is 2.35. The first-order chi connectivity index (χ1) is 13.5. The summed E-state index contributed by atoms with van der Waals surface area (Å²) in [5, 5.41) is 18.9. The van der Waals surface area contributed by atoms with Gasteiger partial charge in [0.2, 0.25) is 6.79 Å². The van der Waals surface area contributed by atoms with Crippen molar-refractivity contribution in [1.29, 1.82) is 0 Å². The first kappa shape index (κ1) is 18.0. The number of aromatic nitrogens is 1. The largest absolute Gasteiger partial charge is 0.454 e. The third kappa shape index (κ3) is 3.68. The van der Waals surface area contributed by atoms with Gasteiger partial charge in [-0.1, -0.05) is 11.6 Å². The van der Waals surface area contributed by atoms with Crippen molar-refractivity contribution >= 4 is 51.0 Å². The number of hydrogen-bond donors (Lipinski definition) is 2. The molecule has 2 aromatic carbocycles. The van der Waals surface area contributed by atoms with Crippen molar-refractivity contribution in [1.82, 2.24) is 4.98 Å². The lowest BCUT2D eigenvalue weighted by Gasteiger charge is -2.05. The summed E-state index contributed by atoms with van der Waals surface area (Å²) in [5.41, 5.74) is 0.587. The van der Waals surface area contributed by atoms with Crippen molar-refractivity contribution in [3.8, 4) is 11.5 Å². The molecule has 2 N–H and O–H groups in total. The maximum Gasteiger partial charge on any atom is 0.294 e. The summed E-state index contributed by atoms with van der Waals surface area (Å²) in [7, 11) is 0. The lowest BCUT2D eigenvalue weighted by molar-refractivity contribution is -0.383. The van der Waals surface area contributed by atoms with E-state index < -0.39 is 10.8 Å². The third-order valence-electron chi connectivity index (χ3n) is 3.77. The number of halogens is 1. The second-order valence-electron chi connectivity index (χ2n) is 5.60. The standard InChI is InChI=1S/C17H11ClN4O5S/c18-9-1-3-11(13(5-9)22(24)25)20-16(23)12-7-28-17(21-12)19-10-2-4-14-15(6-10)27-8-26-14/h1-7H,8H2,(H,19,21)(H,20,23). The molecule has 0 saturated carbocycles. The molecule has 1 aliphatic heterocycles. The SMILES string of the molecule is O=C(Nc1ccc(Cl)cc1[N+](=O)[O-])c1csc(Nc2ccc3c(c2)OCO3)n1. The molecule has 1 aliphatic rings. The lowest BCUT2D eigenvalue weighted by Crippen LogP contribution is -2.13. The van der Waals surface area contributed by atoms with Gasteiger partial charge in [0.1, 0.15) is 11.4 Å². The molecule has 0 atom stereocenters. The van der Waals surface area contributed by atoms with Crippen LogP contribution in [0.4, 0.5) is 22.2 Å². The lowest BCUT2D eigenvalue weighted by atomic mass is 10.2. The molecule has 0 radical (unpaired) electrons. The monoisotopic (exact) mass is 418 g/mol. The summed E-state index contributed by atoms with van der Waals surface area (Å²) in [5.74, 6) is 0.712. The van der Waals surface area contributed by atoms with Gasteiger partial charge in [-0.05, 0) is 24.3 Å².